The second kappa shape index (κ2) is 6.12. The van der Waals surface area contributed by atoms with E-state index in [1.165, 1.54) is 5.57 Å². The third-order valence-electron chi connectivity index (χ3n) is 0.974. The summed E-state index contributed by atoms with van der Waals surface area (Å²) < 4.78 is 4.89. The van der Waals surface area contributed by atoms with E-state index >= 15 is 0 Å². The van der Waals surface area contributed by atoms with Crippen LogP contribution in [0, 0.1) is 0 Å². The van der Waals surface area contributed by atoms with E-state index in [2.05, 4.69) is 6.08 Å². The van der Waals surface area contributed by atoms with Gasteiger partial charge in [0.1, 0.15) is 0 Å². The third-order valence-corrected chi connectivity index (χ3v) is 1.19. The summed E-state index contributed by atoms with van der Waals surface area (Å²) >= 11 is 5.46. The maximum atomic E-state index is 5.46. The predicted octanol–water partition coefficient (Wildman–Crippen LogP) is 2.21. The Morgan fingerprint density at radius 2 is 2.33 bits per heavy atom. The third kappa shape index (κ3) is 5.87. The lowest BCUT2D eigenvalue weighted by Gasteiger charge is -1.96. The molecule has 0 bridgehead atoms. The molecule has 54 valence electrons. The smallest absolute Gasteiger partial charge is 0.0670 e. The standard InChI is InChI=1S/C7H13ClO/c1-7(6-9-2)4-3-5-8/h4H,3,5-6H2,1-2H3/b7-4+. The molecule has 0 saturated heterocycles. The van der Waals surface area contributed by atoms with Crippen molar-refractivity contribution < 1.29 is 4.74 Å². The average Bonchev–Trinajstić information content (AvgIpc) is 1.85. The zero-order chi connectivity index (χ0) is 7.11. The van der Waals surface area contributed by atoms with Gasteiger partial charge in [-0.3, -0.25) is 0 Å². The lowest BCUT2D eigenvalue weighted by molar-refractivity contribution is 0.225. The minimum Gasteiger partial charge on any atom is -0.380 e. The zero-order valence-electron chi connectivity index (χ0n) is 5.98. The lowest BCUT2D eigenvalue weighted by atomic mass is 10.3. The molecule has 0 atom stereocenters. The molecular weight excluding hydrogens is 136 g/mol. The number of methoxy groups -OCH3 is 1. The van der Waals surface area contributed by atoms with Gasteiger partial charge in [0.05, 0.1) is 6.61 Å². The number of halogens is 1. The van der Waals surface area contributed by atoms with E-state index in [1.807, 2.05) is 6.92 Å². The van der Waals surface area contributed by atoms with Crippen molar-refractivity contribution in [1.29, 1.82) is 0 Å². The van der Waals surface area contributed by atoms with Crippen molar-refractivity contribution in [2.45, 2.75) is 13.3 Å². The van der Waals surface area contributed by atoms with Gasteiger partial charge in [-0.05, 0) is 13.3 Å². The maximum absolute atomic E-state index is 5.46. The normalized spacial score (nSPS) is 12.1. The molecule has 0 rings (SSSR count). The summed E-state index contributed by atoms with van der Waals surface area (Å²) in [5.41, 5.74) is 1.25. The molecule has 0 N–H and O–H groups in total. The van der Waals surface area contributed by atoms with Gasteiger partial charge < -0.3 is 4.74 Å². The van der Waals surface area contributed by atoms with Crippen LogP contribution in [0.1, 0.15) is 13.3 Å². The Bertz CT molecular complexity index is 88.9. The van der Waals surface area contributed by atoms with E-state index in [9.17, 15) is 0 Å². The maximum Gasteiger partial charge on any atom is 0.0670 e. The molecule has 0 saturated carbocycles. The average molecular weight is 149 g/mol. The van der Waals surface area contributed by atoms with Gasteiger partial charge in [-0.25, -0.2) is 0 Å². The van der Waals surface area contributed by atoms with E-state index < -0.39 is 0 Å². The van der Waals surface area contributed by atoms with Crippen LogP contribution in [0.4, 0.5) is 0 Å². The van der Waals surface area contributed by atoms with Gasteiger partial charge in [-0.1, -0.05) is 11.6 Å². The Balaban J connectivity index is 3.30. The quantitative estimate of drug-likeness (QED) is 0.439. The first-order chi connectivity index (χ1) is 4.31. The Kier molecular flexibility index (Phi) is 6.11. The molecule has 0 amide bonds. The van der Waals surface area contributed by atoms with Crippen molar-refractivity contribution in [3.63, 3.8) is 0 Å². The van der Waals surface area contributed by atoms with Crippen molar-refractivity contribution in [2.75, 3.05) is 19.6 Å². The van der Waals surface area contributed by atoms with Crippen LogP contribution < -0.4 is 0 Å². The fourth-order valence-electron chi connectivity index (χ4n) is 0.588. The number of ether oxygens (including phenoxy) is 1. The van der Waals surface area contributed by atoms with E-state index in [4.69, 9.17) is 16.3 Å². The van der Waals surface area contributed by atoms with Gasteiger partial charge in [-0.15, -0.1) is 11.6 Å². The van der Waals surface area contributed by atoms with Crippen LogP contribution in [0.5, 0.6) is 0 Å². The van der Waals surface area contributed by atoms with Crippen LogP contribution in [0.25, 0.3) is 0 Å². The van der Waals surface area contributed by atoms with Crippen LogP contribution in [-0.4, -0.2) is 19.6 Å². The first-order valence-electron chi connectivity index (χ1n) is 3.01. The number of allylic oxidation sites excluding steroid dienone is 1. The van der Waals surface area contributed by atoms with Gasteiger partial charge in [0.2, 0.25) is 0 Å². The van der Waals surface area contributed by atoms with E-state index in [0.29, 0.717) is 5.88 Å². The monoisotopic (exact) mass is 148 g/mol. The van der Waals surface area contributed by atoms with Gasteiger partial charge >= 0.3 is 0 Å². The molecule has 0 spiro atoms. The molecule has 2 heteroatoms. The molecule has 0 heterocycles. The fourth-order valence-corrected chi connectivity index (χ4v) is 0.697. The molecule has 0 aliphatic heterocycles. The van der Waals surface area contributed by atoms with Crippen LogP contribution in [0.15, 0.2) is 11.6 Å². The Morgan fingerprint density at radius 3 is 2.78 bits per heavy atom. The van der Waals surface area contributed by atoms with Crippen LogP contribution in [0.3, 0.4) is 0 Å². The van der Waals surface area contributed by atoms with E-state index in [-0.39, 0.29) is 0 Å². The second-order valence-electron chi connectivity index (χ2n) is 1.96. The summed E-state index contributed by atoms with van der Waals surface area (Å²) in [6, 6.07) is 0. The molecule has 0 aromatic rings. The largest absolute Gasteiger partial charge is 0.380 e. The molecule has 1 nitrogen and oxygen atoms in total. The molecule has 0 aliphatic rings. The molecule has 9 heavy (non-hydrogen) atoms. The number of rotatable bonds is 4. The second-order valence-corrected chi connectivity index (χ2v) is 2.34. The molecule has 0 unspecified atom stereocenters. The van der Waals surface area contributed by atoms with Crippen molar-refractivity contribution in [1.82, 2.24) is 0 Å². The first-order valence-corrected chi connectivity index (χ1v) is 3.55. The Morgan fingerprint density at radius 1 is 1.67 bits per heavy atom. The SMILES string of the molecule is COC/C(C)=C/CCCl. The number of hydrogen-bond donors (Lipinski definition) is 0. The highest BCUT2D eigenvalue weighted by Crippen LogP contribution is 1.96. The molecule has 0 aromatic carbocycles. The predicted molar refractivity (Wildman–Crippen MR) is 41.0 cm³/mol. The summed E-state index contributed by atoms with van der Waals surface area (Å²) in [4.78, 5) is 0. The first kappa shape index (κ1) is 8.99. The highest BCUT2D eigenvalue weighted by molar-refractivity contribution is 6.17. The summed E-state index contributed by atoms with van der Waals surface area (Å²) in [5.74, 6) is 0.695. The van der Waals surface area contributed by atoms with Gasteiger partial charge in [0.15, 0.2) is 0 Å². The molecule has 0 aliphatic carbocycles. The summed E-state index contributed by atoms with van der Waals surface area (Å²) in [5, 5.41) is 0. The van der Waals surface area contributed by atoms with Crippen LogP contribution >= 0.6 is 11.6 Å². The molecule has 0 fully saturated rings. The summed E-state index contributed by atoms with van der Waals surface area (Å²) in [6.45, 7) is 2.76. The fraction of sp³-hybridized carbons (Fsp3) is 0.714. The minimum absolute atomic E-state index is 0.695. The summed E-state index contributed by atoms with van der Waals surface area (Å²) in [6.07, 6.45) is 3.03. The van der Waals surface area contributed by atoms with Crippen molar-refractivity contribution in [2.24, 2.45) is 0 Å². The summed E-state index contributed by atoms with van der Waals surface area (Å²) in [7, 11) is 1.69. The molecule has 0 aromatic heterocycles. The number of hydrogen-bond acceptors (Lipinski definition) is 1. The van der Waals surface area contributed by atoms with Crippen molar-refractivity contribution >= 4 is 11.6 Å². The van der Waals surface area contributed by atoms with Gasteiger partial charge in [0.25, 0.3) is 0 Å². The van der Waals surface area contributed by atoms with Gasteiger partial charge in [-0.2, -0.15) is 0 Å². The minimum atomic E-state index is 0.695. The lowest BCUT2D eigenvalue weighted by Crippen LogP contribution is -1.89. The zero-order valence-corrected chi connectivity index (χ0v) is 6.74. The number of alkyl halides is 1. The van der Waals surface area contributed by atoms with E-state index in [0.717, 1.165) is 13.0 Å². The highest BCUT2D eigenvalue weighted by Gasteiger charge is 1.84. The van der Waals surface area contributed by atoms with Crippen molar-refractivity contribution in [3.05, 3.63) is 11.6 Å². The van der Waals surface area contributed by atoms with E-state index in [1.54, 1.807) is 7.11 Å². The van der Waals surface area contributed by atoms with Gasteiger partial charge in [0, 0.05) is 13.0 Å². The molecule has 0 radical (unpaired) electrons. The Labute approximate surface area is 61.7 Å². The Hall–Kier alpha value is -0.0100. The highest BCUT2D eigenvalue weighted by atomic mass is 35.5. The topological polar surface area (TPSA) is 9.23 Å². The van der Waals surface area contributed by atoms with Crippen LogP contribution in [-0.2, 0) is 4.74 Å². The molecular formula is C7H13ClO. The van der Waals surface area contributed by atoms with Crippen molar-refractivity contribution in [3.8, 4) is 0 Å². The van der Waals surface area contributed by atoms with Crippen LogP contribution in [0.2, 0.25) is 0 Å².